The molecule has 1 spiro atoms. The van der Waals surface area contributed by atoms with E-state index in [2.05, 4.69) is 29.0 Å². The van der Waals surface area contributed by atoms with Crippen molar-refractivity contribution >= 4 is 11.8 Å². The first-order chi connectivity index (χ1) is 4.81. The summed E-state index contributed by atoms with van der Waals surface area (Å²) in [6.45, 7) is 3.70. The Morgan fingerprint density at radius 1 is 1.60 bits per heavy atom. The van der Waals surface area contributed by atoms with Crippen LogP contribution in [0.4, 0.5) is 0 Å². The second kappa shape index (κ2) is 2.40. The molecule has 1 N–H and O–H groups in total. The number of hydrogen-bond donors (Lipinski definition) is 1. The van der Waals surface area contributed by atoms with Crippen molar-refractivity contribution < 1.29 is 0 Å². The maximum absolute atomic E-state index is 3.58. The third-order valence-corrected chi connectivity index (χ3v) is 3.79. The van der Waals surface area contributed by atoms with Gasteiger partial charge in [-0.25, -0.2) is 0 Å². The van der Waals surface area contributed by atoms with Gasteiger partial charge in [0.05, 0.1) is 4.87 Å². The molecule has 0 saturated carbocycles. The Kier molecular flexibility index (Phi) is 1.66. The van der Waals surface area contributed by atoms with E-state index in [1.807, 2.05) is 0 Å². The van der Waals surface area contributed by atoms with Gasteiger partial charge in [0.2, 0.25) is 0 Å². The zero-order chi connectivity index (χ0) is 7.03. The molecule has 10 heavy (non-hydrogen) atoms. The van der Waals surface area contributed by atoms with Gasteiger partial charge >= 0.3 is 0 Å². The van der Waals surface area contributed by atoms with Crippen molar-refractivity contribution in [3.05, 3.63) is 0 Å². The molecule has 2 rings (SSSR count). The molecule has 2 saturated heterocycles. The molecule has 0 aromatic rings. The topological polar surface area (TPSA) is 15.3 Å². The normalized spacial score (nSPS) is 41.7. The van der Waals surface area contributed by atoms with E-state index in [9.17, 15) is 0 Å². The van der Waals surface area contributed by atoms with Crippen LogP contribution in [0.5, 0.6) is 0 Å². The van der Waals surface area contributed by atoms with E-state index in [0.29, 0.717) is 4.87 Å². The van der Waals surface area contributed by atoms with E-state index in [0.717, 1.165) is 0 Å². The predicted octanol–water partition coefficient (Wildman–Crippen LogP) is 0.355. The van der Waals surface area contributed by atoms with Crippen LogP contribution < -0.4 is 5.32 Å². The summed E-state index contributed by atoms with van der Waals surface area (Å²) in [4.78, 5) is 2.86. The van der Waals surface area contributed by atoms with Gasteiger partial charge in [0, 0.05) is 25.4 Å². The van der Waals surface area contributed by atoms with E-state index in [-0.39, 0.29) is 0 Å². The van der Waals surface area contributed by atoms with Crippen LogP contribution in [0.25, 0.3) is 0 Å². The lowest BCUT2D eigenvalue weighted by molar-refractivity contribution is 0.393. The van der Waals surface area contributed by atoms with Gasteiger partial charge in [0.25, 0.3) is 0 Å². The van der Waals surface area contributed by atoms with Crippen molar-refractivity contribution in [2.75, 3.05) is 32.4 Å². The summed E-state index contributed by atoms with van der Waals surface area (Å²) < 4.78 is 0. The fourth-order valence-electron chi connectivity index (χ4n) is 1.80. The van der Waals surface area contributed by atoms with Crippen molar-refractivity contribution in [2.24, 2.45) is 0 Å². The molecule has 58 valence electrons. The summed E-state index contributed by atoms with van der Waals surface area (Å²) in [5.41, 5.74) is 0. The molecule has 2 fully saturated rings. The van der Waals surface area contributed by atoms with Gasteiger partial charge in [0.15, 0.2) is 0 Å². The van der Waals surface area contributed by atoms with Gasteiger partial charge in [-0.2, -0.15) is 0 Å². The monoisotopic (exact) mass is 158 g/mol. The molecule has 1 atom stereocenters. The Morgan fingerprint density at radius 3 is 3.00 bits per heavy atom. The number of hydrogen-bond acceptors (Lipinski definition) is 3. The lowest BCUT2D eigenvalue weighted by Gasteiger charge is -2.21. The Hall–Kier alpha value is 0.270. The van der Waals surface area contributed by atoms with Crippen LogP contribution in [0.2, 0.25) is 0 Å². The highest BCUT2D eigenvalue weighted by Crippen LogP contribution is 2.35. The maximum Gasteiger partial charge on any atom is 0.0786 e. The predicted molar refractivity (Wildman–Crippen MR) is 45.3 cm³/mol. The highest BCUT2D eigenvalue weighted by atomic mass is 32.2. The van der Waals surface area contributed by atoms with Crippen LogP contribution in [0.15, 0.2) is 0 Å². The summed E-state index contributed by atoms with van der Waals surface area (Å²) in [7, 11) is 2.20. The molecule has 1 unspecified atom stereocenters. The Labute approximate surface area is 66.4 Å². The number of rotatable bonds is 0. The Balaban J connectivity index is 2.03. The van der Waals surface area contributed by atoms with Gasteiger partial charge in [-0.15, -0.1) is 11.8 Å². The van der Waals surface area contributed by atoms with Gasteiger partial charge in [0.1, 0.15) is 0 Å². The molecule has 0 bridgehead atoms. The quantitative estimate of drug-likeness (QED) is 0.548. The van der Waals surface area contributed by atoms with Crippen LogP contribution in [0.1, 0.15) is 6.42 Å². The standard InChI is InChI=1S/C7H14N2S/c1-9-4-2-7(6-9)8-3-5-10-7/h8H,2-6H2,1H3. The number of thioether (sulfide) groups is 1. The molecule has 0 aromatic carbocycles. The van der Waals surface area contributed by atoms with Crippen molar-refractivity contribution in [1.29, 1.82) is 0 Å². The molecular weight excluding hydrogens is 144 g/mol. The molecular formula is C7H14N2S. The molecule has 2 heterocycles. The second-order valence-corrected chi connectivity index (χ2v) is 4.74. The van der Waals surface area contributed by atoms with Crippen LogP contribution in [-0.4, -0.2) is 42.2 Å². The molecule has 0 amide bonds. The van der Waals surface area contributed by atoms with Crippen molar-refractivity contribution in [1.82, 2.24) is 10.2 Å². The van der Waals surface area contributed by atoms with Crippen LogP contribution in [-0.2, 0) is 0 Å². The smallest absolute Gasteiger partial charge is 0.0786 e. The minimum atomic E-state index is 0.453. The minimum absolute atomic E-state index is 0.453. The van der Waals surface area contributed by atoms with E-state index >= 15 is 0 Å². The molecule has 0 aromatic heterocycles. The highest BCUT2D eigenvalue weighted by molar-refractivity contribution is 8.00. The average Bonchev–Trinajstić information content (AvgIpc) is 2.46. The molecule has 0 aliphatic carbocycles. The summed E-state index contributed by atoms with van der Waals surface area (Å²) in [5.74, 6) is 1.30. The zero-order valence-electron chi connectivity index (χ0n) is 6.39. The molecule has 2 nitrogen and oxygen atoms in total. The summed E-state index contributed by atoms with van der Waals surface area (Å²) in [6.07, 6.45) is 1.33. The minimum Gasteiger partial charge on any atom is -0.304 e. The highest BCUT2D eigenvalue weighted by Gasteiger charge is 2.39. The lowest BCUT2D eigenvalue weighted by atomic mass is 10.2. The summed E-state index contributed by atoms with van der Waals surface area (Å²) in [6, 6.07) is 0. The van der Waals surface area contributed by atoms with Gasteiger partial charge < -0.3 is 10.2 Å². The van der Waals surface area contributed by atoms with Gasteiger partial charge in [-0.3, -0.25) is 0 Å². The van der Waals surface area contributed by atoms with Crippen LogP contribution in [0.3, 0.4) is 0 Å². The van der Waals surface area contributed by atoms with E-state index < -0.39 is 0 Å². The number of likely N-dealkylation sites (N-methyl/N-ethyl adjacent to an activating group) is 1. The average molecular weight is 158 g/mol. The first-order valence-corrected chi connectivity index (χ1v) is 4.87. The maximum atomic E-state index is 3.58. The van der Waals surface area contributed by atoms with Crippen LogP contribution >= 0.6 is 11.8 Å². The van der Waals surface area contributed by atoms with E-state index in [4.69, 9.17) is 0 Å². The number of likely N-dealkylation sites (tertiary alicyclic amines) is 1. The first kappa shape index (κ1) is 6.95. The number of nitrogens with one attached hydrogen (secondary N) is 1. The third kappa shape index (κ3) is 1.06. The first-order valence-electron chi connectivity index (χ1n) is 3.88. The SMILES string of the molecule is CN1CCC2(C1)NCCS2. The summed E-state index contributed by atoms with van der Waals surface area (Å²) in [5, 5.41) is 3.58. The van der Waals surface area contributed by atoms with Crippen molar-refractivity contribution in [3.8, 4) is 0 Å². The second-order valence-electron chi connectivity index (χ2n) is 3.26. The Bertz CT molecular complexity index is 132. The molecule has 3 heteroatoms. The molecule has 2 aliphatic heterocycles. The fraction of sp³-hybridized carbons (Fsp3) is 1.00. The molecule has 2 aliphatic rings. The fourth-order valence-corrected chi connectivity index (χ4v) is 3.15. The molecule has 0 radical (unpaired) electrons. The van der Waals surface area contributed by atoms with Crippen molar-refractivity contribution in [3.63, 3.8) is 0 Å². The van der Waals surface area contributed by atoms with E-state index in [1.165, 1.54) is 31.8 Å². The largest absolute Gasteiger partial charge is 0.304 e. The van der Waals surface area contributed by atoms with Crippen LogP contribution in [0, 0.1) is 0 Å². The Morgan fingerprint density at radius 2 is 2.50 bits per heavy atom. The van der Waals surface area contributed by atoms with Gasteiger partial charge in [-0.1, -0.05) is 0 Å². The van der Waals surface area contributed by atoms with Crippen molar-refractivity contribution in [2.45, 2.75) is 11.3 Å². The summed E-state index contributed by atoms with van der Waals surface area (Å²) >= 11 is 2.10. The zero-order valence-corrected chi connectivity index (χ0v) is 7.21. The lowest BCUT2D eigenvalue weighted by Crippen LogP contribution is -2.39. The number of nitrogens with zero attached hydrogens (tertiary/aromatic N) is 1. The van der Waals surface area contributed by atoms with E-state index in [1.54, 1.807) is 0 Å². The third-order valence-electron chi connectivity index (χ3n) is 2.35. The van der Waals surface area contributed by atoms with Gasteiger partial charge in [-0.05, 0) is 13.5 Å².